The van der Waals surface area contributed by atoms with Crippen molar-refractivity contribution in [3.8, 4) is 11.1 Å². The first-order chi connectivity index (χ1) is 9.54. The first kappa shape index (κ1) is 14.3. The van der Waals surface area contributed by atoms with Gasteiger partial charge in [-0.25, -0.2) is 4.98 Å². The lowest BCUT2D eigenvalue weighted by atomic mass is 10.0. The highest BCUT2D eigenvalue weighted by atomic mass is 16.1. The van der Waals surface area contributed by atoms with Crippen molar-refractivity contribution in [3.05, 3.63) is 45.9 Å². The number of nitrogens with zero attached hydrogens (tertiary/aromatic N) is 2. The van der Waals surface area contributed by atoms with E-state index in [1.165, 1.54) is 5.56 Å². The van der Waals surface area contributed by atoms with Gasteiger partial charge in [0.05, 0.1) is 5.56 Å². The third-order valence-electron chi connectivity index (χ3n) is 3.37. The van der Waals surface area contributed by atoms with Crippen LogP contribution in [0, 0.1) is 13.8 Å². The van der Waals surface area contributed by atoms with E-state index in [0.29, 0.717) is 11.5 Å². The van der Waals surface area contributed by atoms with Crippen molar-refractivity contribution in [1.29, 1.82) is 0 Å². The van der Waals surface area contributed by atoms with Crippen LogP contribution in [0.5, 0.6) is 0 Å². The van der Waals surface area contributed by atoms with Crippen molar-refractivity contribution in [2.75, 3.05) is 11.9 Å². The molecule has 0 bridgehead atoms. The Morgan fingerprint density at radius 1 is 1.25 bits per heavy atom. The molecule has 0 unspecified atom stereocenters. The molecule has 0 amide bonds. The van der Waals surface area contributed by atoms with E-state index in [9.17, 15) is 4.79 Å². The number of hydrogen-bond donors (Lipinski definition) is 1. The minimum Gasteiger partial charge on any atom is -0.356 e. The molecular formula is C16H21N3O. The molecule has 0 aliphatic heterocycles. The summed E-state index contributed by atoms with van der Waals surface area (Å²) >= 11 is 0. The molecule has 0 aliphatic rings. The highest BCUT2D eigenvalue weighted by Gasteiger charge is 2.10. The van der Waals surface area contributed by atoms with Crippen molar-refractivity contribution in [2.45, 2.75) is 27.2 Å². The molecule has 2 rings (SSSR count). The Labute approximate surface area is 119 Å². The summed E-state index contributed by atoms with van der Waals surface area (Å²) in [7, 11) is 1.75. The number of rotatable bonds is 4. The quantitative estimate of drug-likeness (QED) is 0.930. The molecule has 0 radical (unpaired) electrons. The predicted molar refractivity (Wildman–Crippen MR) is 83.2 cm³/mol. The first-order valence-corrected chi connectivity index (χ1v) is 6.92. The number of hydrogen-bond acceptors (Lipinski definition) is 3. The maximum absolute atomic E-state index is 12.5. The zero-order valence-electron chi connectivity index (χ0n) is 12.5. The molecule has 0 aliphatic carbocycles. The van der Waals surface area contributed by atoms with E-state index in [2.05, 4.69) is 23.3 Å². The average Bonchev–Trinajstić information content (AvgIpc) is 2.41. The largest absolute Gasteiger partial charge is 0.356 e. The van der Waals surface area contributed by atoms with Gasteiger partial charge in [-0.15, -0.1) is 0 Å². The summed E-state index contributed by atoms with van der Waals surface area (Å²) in [4.78, 5) is 16.8. The van der Waals surface area contributed by atoms with Crippen LogP contribution in [0.25, 0.3) is 11.1 Å². The average molecular weight is 271 g/mol. The van der Waals surface area contributed by atoms with Gasteiger partial charge < -0.3 is 5.32 Å². The number of anilines is 1. The third-order valence-corrected chi connectivity index (χ3v) is 3.37. The van der Waals surface area contributed by atoms with Gasteiger partial charge in [-0.1, -0.05) is 30.7 Å². The molecule has 0 spiro atoms. The monoisotopic (exact) mass is 271 g/mol. The molecule has 4 nitrogen and oxygen atoms in total. The second-order valence-corrected chi connectivity index (χ2v) is 5.10. The summed E-state index contributed by atoms with van der Waals surface area (Å²) in [5.74, 6) is 0.616. The molecule has 0 saturated heterocycles. The van der Waals surface area contributed by atoms with E-state index >= 15 is 0 Å². The third kappa shape index (κ3) is 2.74. The minimum atomic E-state index is -0.0226. The smallest absolute Gasteiger partial charge is 0.262 e. The Bertz CT molecular complexity index is 674. The molecule has 1 aromatic carbocycles. The topological polar surface area (TPSA) is 46.9 Å². The summed E-state index contributed by atoms with van der Waals surface area (Å²) in [6, 6.07) is 6.09. The van der Waals surface area contributed by atoms with Crippen molar-refractivity contribution in [2.24, 2.45) is 7.05 Å². The van der Waals surface area contributed by atoms with E-state index in [1.807, 2.05) is 26.0 Å². The van der Waals surface area contributed by atoms with Gasteiger partial charge in [-0.2, -0.15) is 0 Å². The van der Waals surface area contributed by atoms with Crippen LogP contribution in [0.15, 0.2) is 29.2 Å². The van der Waals surface area contributed by atoms with Crippen molar-refractivity contribution < 1.29 is 0 Å². The maximum Gasteiger partial charge on any atom is 0.262 e. The zero-order chi connectivity index (χ0) is 14.7. The Kier molecular flexibility index (Phi) is 4.23. The molecule has 1 heterocycles. The van der Waals surface area contributed by atoms with Crippen LogP contribution in [0.1, 0.15) is 24.5 Å². The van der Waals surface area contributed by atoms with Crippen LogP contribution >= 0.6 is 0 Å². The van der Waals surface area contributed by atoms with Gasteiger partial charge in [-0.05, 0) is 31.4 Å². The van der Waals surface area contributed by atoms with Crippen molar-refractivity contribution >= 4 is 5.95 Å². The van der Waals surface area contributed by atoms with Gasteiger partial charge in [-0.3, -0.25) is 9.36 Å². The number of benzene rings is 1. The van der Waals surface area contributed by atoms with Crippen LogP contribution in [0.2, 0.25) is 0 Å². The van der Waals surface area contributed by atoms with Gasteiger partial charge >= 0.3 is 0 Å². The Balaban J connectivity index is 2.48. The second kappa shape index (κ2) is 5.90. The lowest BCUT2D eigenvalue weighted by Gasteiger charge is -2.12. The normalized spacial score (nSPS) is 10.6. The molecule has 20 heavy (non-hydrogen) atoms. The van der Waals surface area contributed by atoms with Crippen LogP contribution in [0.4, 0.5) is 5.95 Å². The zero-order valence-corrected chi connectivity index (χ0v) is 12.5. The fourth-order valence-corrected chi connectivity index (χ4v) is 2.25. The lowest BCUT2D eigenvalue weighted by molar-refractivity contribution is 0.816. The Morgan fingerprint density at radius 2 is 2.00 bits per heavy atom. The van der Waals surface area contributed by atoms with Gasteiger partial charge in [0.15, 0.2) is 0 Å². The predicted octanol–water partition coefficient (Wildman–Crippen LogP) is 2.89. The highest BCUT2D eigenvalue weighted by Crippen LogP contribution is 2.21. The van der Waals surface area contributed by atoms with E-state index in [1.54, 1.807) is 17.8 Å². The summed E-state index contributed by atoms with van der Waals surface area (Å²) in [5, 5.41) is 3.16. The first-order valence-electron chi connectivity index (χ1n) is 6.92. The Hall–Kier alpha value is -2.10. The molecule has 4 heteroatoms. The van der Waals surface area contributed by atoms with Crippen LogP contribution in [-0.2, 0) is 7.05 Å². The van der Waals surface area contributed by atoms with E-state index < -0.39 is 0 Å². The number of aromatic nitrogens is 2. The van der Waals surface area contributed by atoms with E-state index in [-0.39, 0.29) is 5.56 Å². The summed E-state index contributed by atoms with van der Waals surface area (Å²) in [5.41, 5.74) is 3.86. The van der Waals surface area contributed by atoms with Crippen molar-refractivity contribution in [1.82, 2.24) is 9.55 Å². The lowest BCUT2D eigenvalue weighted by Crippen LogP contribution is -2.23. The van der Waals surface area contributed by atoms with Crippen LogP contribution in [-0.4, -0.2) is 16.1 Å². The summed E-state index contributed by atoms with van der Waals surface area (Å²) in [6.07, 6.45) is 2.66. The molecular weight excluding hydrogens is 250 g/mol. The summed E-state index contributed by atoms with van der Waals surface area (Å²) < 4.78 is 1.57. The minimum absolute atomic E-state index is 0.0226. The van der Waals surface area contributed by atoms with Crippen LogP contribution < -0.4 is 10.9 Å². The summed E-state index contributed by atoms with van der Waals surface area (Å²) in [6.45, 7) is 6.95. The van der Waals surface area contributed by atoms with Gasteiger partial charge in [0.25, 0.3) is 5.56 Å². The van der Waals surface area contributed by atoms with Crippen LogP contribution in [0.3, 0.4) is 0 Å². The number of aryl methyl sites for hydroxylation is 2. The highest BCUT2D eigenvalue weighted by molar-refractivity contribution is 5.66. The number of nitrogens with one attached hydrogen (secondary N) is 1. The van der Waals surface area contributed by atoms with Crippen molar-refractivity contribution in [3.63, 3.8) is 0 Å². The van der Waals surface area contributed by atoms with Gasteiger partial charge in [0.1, 0.15) is 0 Å². The fourth-order valence-electron chi connectivity index (χ4n) is 2.25. The molecule has 2 aromatic rings. The second-order valence-electron chi connectivity index (χ2n) is 5.10. The van der Waals surface area contributed by atoms with E-state index in [4.69, 9.17) is 0 Å². The fraction of sp³-hybridized carbons (Fsp3) is 0.375. The molecule has 0 saturated carbocycles. The molecule has 106 valence electrons. The molecule has 0 atom stereocenters. The maximum atomic E-state index is 12.5. The van der Waals surface area contributed by atoms with Gasteiger partial charge in [0, 0.05) is 19.8 Å². The standard InChI is InChI=1S/C16H21N3O/c1-5-8-17-16-18-10-14(15(20)19(16)4)13-7-6-11(2)9-12(13)3/h6-7,9-10H,5,8H2,1-4H3,(H,17,18). The van der Waals surface area contributed by atoms with E-state index in [0.717, 1.165) is 24.1 Å². The molecule has 1 aromatic heterocycles. The Morgan fingerprint density at radius 3 is 2.65 bits per heavy atom. The molecule has 1 N–H and O–H groups in total. The SMILES string of the molecule is CCCNc1ncc(-c2ccc(C)cc2C)c(=O)n1C. The molecule has 0 fully saturated rings. The van der Waals surface area contributed by atoms with Gasteiger partial charge in [0.2, 0.25) is 5.95 Å².